The molecule has 0 spiro atoms. The third-order valence-electron chi connectivity index (χ3n) is 5.48. The third kappa shape index (κ3) is 4.67. The molecule has 0 atom stereocenters. The van der Waals surface area contributed by atoms with E-state index < -0.39 is 27.3 Å². The maximum atomic E-state index is 13.6. The van der Waals surface area contributed by atoms with Crippen molar-refractivity contribution in [3.8, 4) is 11.3 Å². The van der Waals surface area contributed by atoms with Crippen LogP contribution in [0.5, 0.6) is 0 Å². The summed E-state index contributed by atoms with van der Waals surface area (Å²) in [6.45, 7) is 0. The summed E-state index contributed by atoms with van der Waals surface area (Å²) in [6, 6.07) is 16.0. The monoisotopic (exact) mass is 442 g/mol. The Hall–Kier alpha value is -3.04. The van der Waals surface area contributed by atoms with E-state index in [4.69, 9.17) is 0 Å². The molecule has 1 aliphatic rings. The highest BCUT2D eigenvalue weighted by atomic mass is 32.2. The number of halogens is 1. The second kappa shape index (κ2) is 8.60. The molecule has 4 rings (SSSR count). The van der Waals surface area contributed by atoms with Crippen LogP contribution in [-0.4, -0.2) is 30.1 Å². The minimum absolute atomic E-state index is 0.212. The highest BCUT2D eigenvalue weighted by molar-refractivity contribution is 7.89. The first-order chi connectivity index (χ1) is 14.9. The van der Waals surface area contributed by atoms with E-state index in [0.29, 0.717) is 31.5 Å². The van der Waals surface area contributed by atoms with Gasteiger partial charge in [-0.05, 0) is 36.6 Å². The quantitative estimate of drug-likeness (QED) is 0.540. The second-order valence-electron chi connectivity index (χ2n) is 7.69. The first-order valence-corrected chi connectivity index (χ1v) is 11.6. The molecule has 0 saturated heterocycles. The minimum atomic E-state index is -4.09. The van der Waals surface area contributed by atoms with E-state index in [-0.39, 0.29) is 4.90 Å². The van der Waals surface area contributed by atoms with Crippen molar-refractivity contribution in [1.29, 1.82) is 0 Å². The molecule has 1 saturated carbocycles. The Morgan fingerprint density at radius 2 is 1.74 bits per heavy atom. The number of benzene rings is 2. The highest BCUT2D eigenvalue weighted by Crippen LogP contribution is 2.31. The van der Waals surface area contributed by atoms with Gasteiger partial charge in [-0.25, -0.2) is 12.8 Å². The normalized spacial score (nSPS) is 16.0. The lowest BCUT2D eigenvalue weighted by atomic mass is 9.82. The first-order valence-electron chi connectivity index (χ1n) is 10.1. The van der Waals surface area contributed by atoms with E-state index in [1.807, 2.05) is 30.3 Å². The lowest BCUT2D eigenvalue weighted by molar-refractivity contribution is -0.122. The highest BCUT2D eigenvalue weighted by Gasteiger charge is 2.43. The molecule has 0 aliphatic heterocycles. The van der Waals surface area contributed by atoms with Crippen LogP contribution in [0.2, 0.25) is 0 Å². The number of hydrogen-bond acceptors (Lipinski definition) is 4. The number of hydrogen-bond donors (Lipinski definition) is 3. The molecule has 1 aromatic heterocycles. The Kier molecular flexibility index (Phi) is 5.88. The van der Waals surface area contributed by atoms with Crippen molar-refractivity contribution in [3.05, 3.63) is 66.5 Å². The van der Waals surface area contributed by atoms with Gasteiger partial charge in [-0.2, -0.15) is 9.82 Å². The average molecular weight is 443 g/mol. The fraction of sp³-hybridized carbons (Fsp3) is 0.273. The molecule has 9 heteroatoms. The lowest BCUT2D eigenvalue weighted by Crippen LogP contribution is -2.57. The fourth-order valence-corrected chi connectivity index (χ4v) is 5.32. The Balaban J connectivity index is 1.57. The van der Waals surface area contributed by atoms with Gasteiger partial charge in [0.2, 0.25) is 15.9 Å². The predicted molar refractivity (Wildman–Crippen MR) is 115 cm³/mol. The fourth-order valence-electron chi connectivity index (χ4n) is 3.87. The van der Waals surface area contributed by atoms with Crippen LogP contribution in [0, 0.1) is 5.82 Å². The molecule has 3 aromatic rings. The molecule has 1 aliphatic carbocycles. The van der Waals surface area contributed by atoms with Crippen molar-refractivity contribution < 1.29 is 17.6 Å². The van der Waals surface area contributed by atoms with Gasteiger partial charge in [-0.15, -0.1) is 0 Å². The minimum Gasteiger partial charge on any atom is -0.308 e. The Morgan fingerprint density at radius 3 is 2.45 bits per heavy atom. The average Bonchev–Trinajstić information content (AvgIpc) is 3.23. The van der Waals surface area contributed by atoms with Crippen LogP contribution in [-0.2, 0) is 14.8 Å². The summed E-state index contributed by atoms with van der Waals surface area (Å²) in [7, 11) is -4.09. The number of rotatable bonds is 6. The van der Waals surface area contributed by atoms with Crippen LogP contribution >= 0.6 is 0 Å². The summed E-state index contributed by atoms with van der Waals surface area (Å²) < 4.78 is 42.0. The number of nitrogens with one attached hydrogen (secondary N) is 3. The molecular formula is C22H23FN4O3S. The van der Waals surface area contributed by atoms with E-state index >= 15 is 0 Å². The van der Waals surface area contributed by atoms with Gasteiger partial charge < -0.3 is 5.32 Å². The summed E-state index contributed by atoms with van der Waals surface area (Å²) in [6.07, 6.45) is 3.02. The summed E-state index contributed by atoms with van der Waals surface area (Å²) in [4.78, 5) is 13.0. The van der Waals surface area contributed by atoms with E-state index in [0.717, 1.165) is 23.7 Å². The van der Waals surface area contributed by atoms with E-state index in [1.54, 1.807) is 6.07 Å². The Bertz CT molecular complexity index is 1170. The molecule has 0 bridgehead atoms. The molecule has 3 N–H and O–H groups in total. The Labute approximate surface area is 180 Å². The molecule has 7 nitrogen and oxygen atoms in total. The van der Waals surface area contributed by atoms with Gasteiger partial charge in [0, 0.05) is 6.07 Å². The van der Waals surface area contributed by atoms with Crippen LogP contribution in [0.1, 0.15) is 32.1 Å². The molecule has 2 aromatic carbocycles. The molecule has 1 heterocycles. The van der Waals surface area contributed by atoms with E-state index in [9.17, 15) is 17.6 Å². The number of carbonyl (C=O) groups is 1. The molecule has 0 radical (unpaired) electrons. The van der Waals surface area contributed by atoms with Crippen LogP contribution in [0.3, 0.4) is 0 Å². The van der Waals surface area contributed by atoms with Crippen LogP contribution in [0.25, 0.3) is 11.3 Å². The van der Waals surface area contributed by atoms with Crippen molar-refractivity contribution in [3.63, 3.8) is 0 Å². The van der Waals surface area contributed by atoms with Gasteiger partial charge in [-0.3, -0.25) is 9.89 Å². The zero-order valence-electron chi connectivity index (χ0n) is 16.8. The molecule has 1 amide bonds. The number of H-pyrrole nitrogens is 1. The van der Waals surface area contributed by atoms with Crippen molar-refractivity contribution in [1.82, 2.24) is 14.9 Å². The van der Waals surface area contributed by atoms with Crippen molar-refractivity contribution in [2.24, 2.45) is 0 Å². The molecule has 1 fully saturated rings. The van der Waals surface area contributed by atoms with Crippen LogP contribution in [0.15, 0.2) is 65.6 Å². The van der Waals surface area contributed by atoms with Gasteiger partial charge in [-0.1, -0.05) is 55.7 Å². The summed E-state index contributed by atoms with van der Waals surface area (Å²) in [5.41, 5.74) is 0.318. The predicted octanol–water partition coefficient (Wildman–Crippen LogP) is 3.84. The number of nitrogens with zero attached hydrogens (tertiary/aromatic N) is 1. The van der Waals surface area contributed by atoms with Crippen molar-refractivity contribution >= 4 is 21.7 Å². The summed E-state index contributed by atoms with van der Waals surface area (Å²) in [5.74, 6) is -0.827. The van der Waals surface area contributed by atoms with Gasteiger partial charge >= 0.3 is 0 Å². The number of anilines is 1. The molecule has 0 unspecified atom stereocenters. The van der Waals surface area contributed by atoms with Gasteiger partial charge in [0.1, 0.15) is 11.4 Å². The Morgan fingerprint density at radius 1 is 1.00 bits per heavy atom. The SMILES string of the molecule is O=C(Nc1cc(-c2ccccc2)[nH]n1)C1(NS(=O)(=O)c2cccc(F)c2)CCCCC1. The largest absolute Gasteiger partial charge is 0.308 e. The standard InChI is InChI=1S/C22H23FN4O3S/c23-17-10-7-11-18(14-17)31(29,30)27-22(12-5-2-6-13-22)21(28)24-20-15-19(25-26-20)16-8-3-1-4-9-16/h1,3-4,7-11,14-15,27H,2,5-6,12-13H2,(H2,24,25,26,28). The maximum Gasteiger partial charge on any atom is 0.246 e. The zero-order chi connectivity index (χ0) is 21.9. The maximum absolute atomic E-state index is 13.6. The van der Waals surface area contributed by atoms with Crippen LogP contribution in [0.4, 0.5) is 10.2 Å². The number of carbonyl (C=O) groups excluding carboxylic acids is 1. The summed E-state index contributed by atoms with van der Waals surface area (Å²) in [5, 5.41) is 9.76. The van der Waals surface area contributed by atoms with Crippen molar-refractivity contribution in [2.45, 2.75) is 42.5 Å². The second-order valence-corrected chi connectivity index (χ2v) is 9.38. The number of amides is 1. The summed E-state index contributed by atoms with van der Waals surface area (Å²) >= 11 is 0. The molecular weight excluding hydrogens is 419 g/mol. The van der Waals surface area contributed by atoms with Gasteiger partial charge in [0.25, 0.3) is 0 Å². The molecule has 162 valence electrons. The van der Waals surface area contributed by atoms with Gasteiger partial charge in [0.05, 0.1) is 10.6 Å². The first kappa shape index (κ1) is 21.2. The number of aromatic nitrogens is 2. The number of sulfonamides is 1. The van der Waals surface area contributed by atoms with E-state index in [1.165, 1.54) is 18.2 Å². The third-order valence-corrected chi connectivity index (χ3v) is 7.02. The number of aromatic amines is 1. The van der Waals surface area contributed by atoms with Crippen LogP contribution < -0.4 is 10.0 Å². The van der Waals surface area contributed by atoms with E-state index in [2.05, 4.69) is 20.2 Å². The van der Waals surface area contributed by atoms with Gasteiger partial charge in [0.15, 0.2) is 5.82 Å². The topological polar surface area (TPSA) is 104 Å². The van der Waals surface area contributed by atoms with Crippen molar-refractivity contribution in [2.75, 3.05) is 5.32 Å². The zero-order valence-corrected chi connectivity index (χ0v) is 17.6. The smallest absolute Gasteiger partial charge is 0.246 e. The lowest BCUT2D eigenvalue weighted by Gasteiger charge is -2.36. The molecule has 31 heavy (non-hydrogen) atoms.